The number of anilines is 1. The monoisotopic (exact) mass is 366 g/mol. The number of amides is 1. The van der Waals surface area contributed by atoms with Crippen molar-refractivity contribution in [1.82, 2.24) is 14.4 Å². The maximum absolute atomic E-state index is 13.3. The molecule has 26 heavy (non-hydrogen) atoms. The lowest BCUT2D eigenvalue weighted by atomic mass is 10.1. The highest BCUT2D eigenvalue weighted by atomic mass is 35.5. The second kappa shape index (κ2) is 6.57. The zero-order valence-electron chi connectivity index (χ0n) is 13.4. The van der Waals surface area contributed by atoms with Crippen LogP contribution in [0.15, 0.2) is 67.0 Å². The molecule has 0 atom stereocenters. The number of nitrogens with zero attached hydrogens (tertiary/aromatic N) is 3. The molecule has 1 N–H and O–H groups in total. The van der Waals surface area contributed by atoms with Crippen LogP contribution in [0.4, 0.5) is 10.2 Å². The predicted molar refractivity (Wildman–Crippen MR) is 97.8 cm³/mol. The minimum atomic E-state index is -0.345. The molecule has 4 aromatic rings. The van der Waals surface area contributed by atoms with Gasteiger partial charge in [0.05, 0.1) is 0 Å². The van der Waals surface area contributed by atoms with E-state index < -0.39 is 0 Å². The van der Waals surface area contributed by atoms with E-state index in [0.29, 0.717) is 33.4 Å². The molecule has 0 bridgehead atoms. The number of carbonyl (C=O) groups is 1. The number of carbonyl (C=O) groups excluding carboxylic acids is 1. The van der Waals surface area contributed by atoms with Crippen molar-refractivity contribution in [3.8, 4) is 11.3 Å². The van der Waals surface area contributed by atoms with Gasteiger partial charge in [0.1, 0.15) is 17.3 Å². The molecule has 7 heteroatoms. The molecule has 1 amide bonds. The Kier molecular flexibility index (Phi) is 4.10. The smallest absolute Gasteiger partial charge is 0.256 e. The third-order valence-electron chi connectivity index (χ3n) is 3.86. The van der Waals surface area contributed by atoms with Crippen molar-refractivity contribution in [2.75, 3.05) is 5.32 Å². The van der Waals surface area contributed by atoms with E-state index in [1.807, 2.05) is 0 Å². The van der Waals surface area contributed by atoms with Crippen LogP contribution < -0.4 is 5.32 Å². The van der Waals surface area contributed by atoms with Crippen LogP contribution in [0.1, 0.15) is 10.4 Å². The summed E-state index contributed by atoms with van der Waals surface area (Å²) in [6.45, 7) is 0. The van der Waals surface area contributed by atoms with E-state index >= 15 is 0 Å². The Morgan fingerprint density at radius 2 is 1.81 bits per heavy atom. The Bertz CT molecular complexity index is 1090. The predicted octanol–water partition coefficient (Wildman–Crippen LogP) is 4.44. The molecule has 0 aliphatic rings. The molecule has 5 nitrogen and oxygen atoms in total. The van der Waals surface area contributed by atoms with Crippen LogP contribution in [-0.2, 0) is 0 Å². The topological polar surface area (TPSA) is 59.3 Å². The quantitative estimate of drug-likeness (QED) is 0.583. The van der Waals surface area contributed by atoms with Gasteiger partial charge < -0.3 is 5.32 Å². The molecule has 0 aliphatic carbocycles. The van der Waals surface area contributed by atoms with Crippen molar-refractivity contribution in [2.24, 2.45) is 0 Å². The largest absolute Gasteiger partial charge is 0.306 e. The lowest BCUT2D eigenvalue weighted by Gasteiger charge is -2.08. The molecule has 0 spiro atoms. The van der Waals surface area contributed by atoms with Gasteiger partial charge in [-0.15, -0.1) is 0 Å². The average Bonchev–Trinajstić information content (AvgIpc) is 3.01. The second-order valence-electron chi connectivity index (χ2n) is 5.57. The van der Waals surface area contributed by atoms with E-state index in [1.165, 1.54) is 12.1 Å². The number of rotatable bonds is 3. The SMILES string of the molecule is O=C(Nc1c(-c2ccc(F)cc2)nc2ncccn12)c1ccc(Cl)cc1. The molecule has 4 rings (SSSR count). The third-order valence-corrected chi connectivity index (χ3v) is 4.11. The number of benzene rings is 2. The summed E-state index contributed by atoms with van der Waals surface area (Å²) in [4.78, 5) is 21.3. The van der Waals surface area contributed by atoms with E-state index in [1.54, 1.807) is 59.3 Å². The maximum atomic E-state index is 13.3. The molecule has 0 radical (unpaired) electrons. The van der Waals surface area contributed by atoms with Crippen molar-refractivity contribution in [2.45, 2.75) is 0 Å². The first-order chi connectivity index (χ1) is 12.6. The molecule has 0 saturated carbocycles. The van der Waals surface area contributed by atoms with Crippen LogP contribution in [0.5, 0.6) is 0 Å². The summed E-state index contributed by atoms with van der Waals surface area (Å²) in [6, 6.07) is 14.2. The van der Waals surface area contributed by atoms with Gasteiger partial charge in [0.2, 0.25) is 5.78 Å². The van der Waals surface area contributed by atoms with Crippen molar-refractivity contribution in [1.29, 1.82) is 0 Å². The molecule has 0 aliphatic heterocycles. The van der Waals surface area contributed by atoms with E-state index in [0.717, 1.165) is 0 Å². The fourth-order valence-electron chi connectivity index (χ4n) is 2.60. The first kappa shape index (κ1) is 16.2. The zero-order valence-corrected chi connectivity index (χ0v) is 14.1. The molecule has 0 saturated heterocycles. The summed E-state index contributed by atoms with van der Waals surface area (Å²) in [7, 11) is 0. The highest BCUT2D eigenvalue weighted by Crippen LogP contribution is 2.28. The molecule has 2 aromatic heterocycles. The summed E-state index contributed by atoms with van der Waals surface area (Å²) in [5.74, 6) is 0.232. The van der Waals surface area contributed by atoms with Gasteiger partial charge in [-0.25, -0.2) is 14.4 Å². The fraction of sp³-hybridized carbons (Fsp3) is 0. The molecular formula is C19H12ClFN4O. The lowest BCUT2D eigenvalue weighted by molar-refractivity contribution is 0.102. The van der Waals surface area contributed by atoms with Crippen LogP contribution in [0.2, 0.25) is 5.02 Å². The Morgan fingerprint density at radius 3 is 2.54 bits per heavy atom. The van der Waals surface area contributed by atoms with E-state index in [9.17, 15) is 9.18 Å². The van der Waals surface area contributed by atoms with Gasteiger partial charge in [0, 0.05) is 28.5 Å². The molecular weight excluding hydrogens is 355 g/mol. The summed E-state index contributed by atoms with van der Waals surface area (Å²) in [5, 5.41) is 3.42. The van der Waals surface area contributed by atoms with Gasteiger partial charge >= 0.3 is 0 Å². The third kappa shape index (κ3) is 3.02. The Labute approximate surface area is 153 Å². The van der Waals surface area contributed by atoms with E-state index in [-0.39, 0.29) is 11.7 Å². The van der Waals surface area contributed by atoms with Crippen LogP contribution in [0.25, 0.3) is 17.0 Å². The molecule has 0 unspecified atom stereocenters. The van der Waals surface area contributed by atoms with Gasteiger partial charge in [0.25, 0.3) is 5.91 Å². The van der Waals surface area contributed by atoms with Crippen molar-refractivity contribution >= 4 is 29.1 Å². The summed E-state index contributed by atoms with van der Waals surface area (Å²) >= 11 is 5.87. The van der Waals surface area contributed by atoms with Gasteiger partial charge in [0.15, 0.2) is 0 Å². The highest BCUT2D eigenvalue weighted by molar-refractivity contribution is 6.30. The minimum Gasteiger partial charge on any atom is -0.306 e. The molecule has 0 fully saturated rings. The fourth-order valence-corrected chi connectivity index (χ4v) is 2.72. The normalized spacial score (nSPS) is 10.8. The number of fused-ring (bicyclic) bond motifs is 1. The summed E-state index contributed by atoms with van der Waals surface area (Å²) in [5.41, 5.74) is 1.63. The van der Waals surface area contributed by atoms with Gasteiger partial charge in [-0.3, -0.25) is 9.20 Å². The van der Waals surface area contributed by atoms with Crippen LogP contribution >= 0.6 is 11.6 Å². The molecule has 128 valence electrons. The van der Waals surface area contributed by atoms with Crippen LogP contribution in [0.3, 0.4) is 0 Å². The lowest BCUT2D eigenvalue weighted by Crippen LogP contribution is -2.14. The number of imidazole rings is 1. The van der Waals surface area contributed by atoms with Crippen LogP contribution in [-0.4, -0.2) is 20.3 Å². The number of nitrogens with one attached hydrogen (secondary N) is 1. The van der Waals surface area contributed by atoms with Gasteiger partial charge in [-0.05, 0) is 54.6 Å². The summed E-state index contributed by atoms with van der Waals surface area (Å²) < 4.78 is 14.9. The van der Waals surface area contributed by atoms with Crippen molar-refractivity contribution < 1.29 is 9.18 Å². The number of hydrogen-bond donors (Lipinski definition) is 1. The highest BCUT2D eigenvalue weighted by Gasteiger charge is 2.18. The molecule has 2 heterocycles. The van der Waals surface area contributed by atoms with E-state index in [4.69, 9.17) is 11.6 Å². The van der Waals surface area contributed by atoms with Gasteiger partial charge in [-0.2, -0.15) is 0 Å². The molecule has 2 aromatic carbocycles. The Hall–Kier alpha value is -3.25. The average molecular weight is 367 g/mol. The number of halogens is 2. The zero-order chi connectivity index (χ0) is 18.1. The minimum absolute atomic E-state index is 0.310. The second-order valence-corrected chi connectivity index (χ2v) is 6.00. The Balaban J connectivity index is 1.79. The van der Waals surface area contributed by atoms with Crippen molar-refractivity contribution in [3.05, 3.63) is 83.4 Å². The van der Waals surface area contributed by atoms with Crippen molar-refractivity contribution in [3.63, 3.8) is 0 Å². The first-order valence-corrected chi connectivity index (χ1v) is 8.15. The Morgan fingerprint density at radius 1 is 1.08 bits per heavy atom. The van der Waals surface area contributed by atoms with Gasteiger partial charge in [-0.1, -0.05) is 11.6 Å². The standard InChI is InChI=1S/C19H12ClFN4O/c20-14-6-2-13(3-7-14)18(26)24-17-16(12-4-8-15(21)9-5-12)23-19-22-10-1-11-25(17)19/h1-11H,(H,24,26). The van der Waals surface area contributed by atoms with E-state index in [2.05, 4.69) is 15.3 Å². The maximum Gasteiger partial charge on any atom is 0.256 e. The van der Waals surface area contributed by atoms with Crippen LogP contribution in [0, 0.1) is 5.82 Å². The summed E-state index contributed by atoms with van der Waals surface area (Å²) in [6.07, 6.45) is 3.36. The number of hydrogen-bond acceptors (Lipinski definition) is 3. The first-order valence-electron chi connectivity index (χ1n) is 7.78. The number of aromatic nitrogens is 3.